The Morgan fingerprint density at radius 3 is 2.26 bits per heavy atom. The van der Waals surface area contributed by atoms with E-state index in [-0.39, 0.29) is 34.6 Å². The third-order valence-corrected chi connectivity index (χ3v) is 8.31. The first-order valence-electron chi connectivity index (χ1n) is 12.3. The Morgan fingerprint density at radius 2 is 1.64 bits per heavy atom. The third kappa shape index (κ3) is 8.96. The molecule has 7 nitrogen and oxygen atoms in total. The normalized spacial score (nSPS) is 12.0. The number of carbonyl (C=O) groups is 2. The molecular weight excluding hydrogens is 625 g/mol. The Hall–Kier alpha value is -2.59. The summed E-state index contributed by atoms with van der Waals surface area (Å²) in [4.78, 5) is 28.9. The molecule has 0 saturated carbocycles. The Morgan fingerprint density at radius 1 is 0.949 bits per heavy atom. The smallest absolute Gasteiger partial charge is 0.244 e. The Balaban J connectivity index is 2.05. The monoisotopic (exact) mass is 653 g/mol. The Labute approximate surface area is 248 Å². The van der Waals surface area contributed by atoms with Crippen LogP contribution in [-0.4, -0.2) is 50.5 Å². The summed E-state index contributed by atoms with van der Waals surface area (Å²) < 4.78 is 27.4. The van der Waals surface area contributed by atoms with Gasteiger partial charge in [-0.05, 0) is 47.9 Å². The average molecular weight is 655 g/mol. The number of sulfonamides is 1. The second kappa shape index (κ2) is 14.2. The molecule has 1 N–H and O–H groups in total. The van der Waals surface area contributed by atoms with Crippen molar-refractivity contribution in [1.82, 2.24) is 10.2 Å². The largest absolute Gasteiger partial charge is 0.354 e. The second-order valence-electron chi connectivity index (χ2n) is 9.02. The van der Waals surface area contributed by atoms with Crippen molar-refractivity contribution in [2.45, 2.75) is 32.4 Å². The Kier molecular flexibility index (Phi) is 11.2. The van der Waals surface area contributed by atoms with E-state index in [1.54, 1.807) is 0 Å². The summed E-state index contributed by atoms with van der Waals surface area (Å²) in [5, 5.41) is 3.32. The highest BCUT2D eigenvalue weighted by Crippen LogP contribution is 2.29. The van der Waals surface area contributed by atoms with Crippen LogP contribution in [0.1, 0.15) is 24.5 Å². The quantitative estimate of drug-likeness (QED) is 0.272. The predicted octanol–water partition coefficient (Wildman–Crippen LogP) is 5.69. The molecule has 208 valence electrons. The first-order chi connectivity index (χ1) is 18.5. The average Bonchev–Trinajstić information content (AvgIpc) is 2.89. The van der Waals surface area contributed by atoms with E-state index < -0.39 is 28.5 Å². The number of rotatable bonds is 12. The van der Waals surface area contributed by atoms with Gasteiger partial charge in [0.15, 0.2) is 0 Å². The molecule has 0 aliphatic heterocycles. The van der Waals surface area contributed by atoms with E-state index in [2.05, 4.69) is 21.2 Å². The SMILES string of the molecule is CCCNC(=O)C(Cc1ccccc1)N(Cc1cccc(Br)c1)C(=O)CN(c1ccc(Cl)c(Cl)c1)S(C)(=O)=O. The second-order valence-corrected chi connectivity index (χ2v) is 12.7. The molecule has 3 aromatic rings. The highest BCUT2D eigenvalue weighted by molar-refractivity contribution is 9.10. The van der Waals surface area contributed by atoms with Gasteiger partial charge in [0.05, 0.1) is 22.0 Å². The lowest BCUT2D eigenvalue weighted by molar-refractivity contribution is -0.140. The minimum atomic E-state index is -3.90. The van der Waals surface area contributed by atoms with Crippen LogP contribution >= 0.6 is 39.1 Å². The van der Waals surface area contributed by atoms with Gasteiger partial charge in [0.2, 0.25) is 21.8 Å². The zero-order chi connectivity index (χ0) is 28.6. The number of anilines is 1. The van der Waals surface area contributed by atoms with Crippen LogP contribution in [0.5, 0.6) is 0 Å². The summed E-state index contributed by atoms with van der Waals surface area (Å²) in [6.07, 6.45) is 1.99. The maximum absolute atomic E-state index is 14.0. The van der Waals surface area contributed by atoms with Crippen molar-refractivity contribution in [1.29, 1.82) is 0 Å². The number of hydrogen-bond acceptors (Lipinski definition) is 4. The summed E-state index contributed by atoms with van der Waals surface area (Å²) in [5.74, 6) is -0.858. The number of nitrogens with zero attached hydrogens (tertiary/aromatic N) is 2. The number of benzene rings is 3. The minimum Gasteiger partial charge on any atom is -0.354 e. The van der Waals surface area contributed by atoms with Crippen molar-refractivity contribution in [3.8, 4) is 0 Å². The number of carbonyl (C=O) groups excluding carboxylic acids is 2. The highest BCUT2D eigenvalue weighted by Gasteiger charge is 2.33. The van der Waals surface area contributed by atoms with Crippen molar-refractivity contribution in [2.75, 3.05) is 23.7 Å². The van der Waals surface area contributed by atoms with Crippen molar-refractivity contribution in [3.63, 3.8) is 0 Å². The summed E-state index contributed by atoms with van der Waals surface area (Å²) in [7, 11) is -3.90. The van der Waals surface area contributed by atoms with Gasteiger partial charge in [0, 0.05) is 24.0 Å². The number of halogens is 3. The molecule has 3 aromatic carbocycles. The maximum atomic E-state index is 14.0. The molecule has 11 heteroatoms. The van der Waals surface area contributed by atoms with E-state index in [1.807, 2.05) is 61.5 Å². The fraction of sp³-hybridized carbons (Fsp3) is 0.286. The van der Waals surface area contributed by atoms with Crippen LogP contribution in [-0.2, 0) is 32.6 Å². The summed E-state index contributed by atoms with van der Waals surface area (Å²) in [6, 6.07) is 20.3. The van der Waals surface area contributed by atoms with Crippen LogP contribution < -0.4 is 9.62 Å². The molecule has 0 radical (unpaired) electrons. The molecule has 0 bridgehead atoms. The molecule has 0 heterocycles. The maximum Gasteiger partial charge on any atom is 0.244 e. The van der Waals surface area contributed by atoms with Crippen molar-refractivity contribution >= 4 is 66.7 Å². The molecule has 1 unspecified atom stereocenters. The van der Waals surface area contributed by atoms with Gasteiger partial charge < -0.3 is 10.2 Å². The van der Waals surface area contributed by atoms with E-state index in [9.17, 15) is 18.0 Å². The summed E-state index contributed by atoms with van der Waals surface area (Å²) in [5.41, 5.74) is 1.84. The summed E-state index contributed by atoms with van der Waals surface area (Å²) in [6.45, 7) is 1.95. The number of hydrogen-bond donors (Lipinski definition) is 1. The highest BCUT2D eigenvalue weighted by atomic mass is 79.9. The van der Waals surface area contributed by atoms with Gasteiger partial charge in [-0.2, -0.15) is 0 Å². The van der Waals surface area contributed by atoms with Gasteiger partial charge in [-0.15, -0.1) is 0 Å². The lowest BCUT2D eigenvalue weighted by Gasteiger charge is -2.33. The third-order valence-electron chi connectivity index (χ3n) is 5.93. The van der Waals surface area contributed by atoms with E-state index in [1.165, 1.54) is 23.1 Å². The lowest BCUT2D eigenvalue weighted by atomic mass is 10.0. The predicted molar refractivity (Wildman–Crippen MR) is 161 cm³/mol. The van der Waals surface area contributed by atoms with Crippen molar-refractivity contribution < 1.29 is 18.0 Å². The van der Waals surface area contributed by atoms with Crippen molar-refractivity contribution in [2.24, 2.45) is 0 Å². The van der Waals surface area contributed by atoms with E-state index in [0.29, 0.717) is 6.54 Å². The van der Waals surface area contributed by atoms with Crippen LogP contribution in [0.3, 0.4) is 0 Å². The molecule has 0 aliphatic carbocycles. The van der Waals surface area contributed by atoms with Crippen LogP contribution in [0.25, 0.3) is 0 Å². The fourth-order valence-electron chi connectivity index (χ4n) is 4.01. The molecule has 0 fully saturated rings. The number of amides is 2. The molecule has 0 saturated heterocycles. The molecule has 39 heavy (non-hydrogen) atoms. The first kappa shape index (κ1) is 30.9. The molecule has 1 atom stereocenters. The van der Waals surface area contributed by atoms with Gasteiger partial charge in [-0.25, -0.2) is 8.42 Å². The van der Waals surface area contributed by atoms with E-state index in [4.69, 9.17) is 23.2 Å². The van der Waals surface area contributed by atoms with Gasteiger partial charge in [0.1, 0.15) is 12.6 Å². The topological polar surface area (TPSA) is 86.8 Å². The number of nitrogens with one attached hydrogen (secondary N) is 1. The molecular formula is C28H30BrCl2N3O4S. The van der Waals surface area contributed by atoms with Crippen LogP contribution in [0.4, 0.5) is 5.69 Å². The van der Waals surface area contributed by atoms with E-state index >= 15 is 0 Å². The van der Waals surface area contributed by atoms with E-state index in [0.717, 1.165) is 32.6 Å². The van der Waals surface area contributed by atoms with Gasteiger partial charge in [-0.3, -0.25) is 13.9 Å². The minimum absolute atomic E-state index is 0.0916. The first-order valence-corrected chi connectivity index (χ1v) is 15.7. The standard InChI is InChI=1S/C28H30BrCl2N3O4S/c1-3-14-32-28(36)26(16-20-8-5-4-6-9-20)33(18-21-10-7-11-22(29)15-21)27(35)19-34(39(2,37)38)23-12-13-24(30)25(31)17-23/h4-13,15,17,26H,3,14,16,18-19H2,1-2H3,(H,32,36). The van der Waals surface area contributed by atoms with Gasteiger partial charge in [-0.1, -0.05) is 88.5 Å². The van der Waals surface area contributed by atoms with Crippen LogP contribution in [0.2, 0.25) is 10.0 Å². The Bertz CT molecular complexity index is 1410. The van der Waals surface area contributed by atoms with Crippen LogP contribution in [0, 0.1) is 0 Å². The zero-order valence-corrected chi connectivity index (χ0v) is 25.5. The summed E-state index contributed by atoms with van der Waals surface area (Å²) >= 11 is 15.6. The van der Waals surface area contributed by atoms with Crippen molar-refractivity contribution in [3.05, 3.63) is 98.4 Å². The molecule has 2 amide bonds. The van der Waals surface area contributed by atoms with Crippen LogP contribution in [0.15, 0.2) is 77.3 Å². The zero-order valence-electron chi connectivity index (χ0n) is 21.6. The molecule has 0 aromatic heterocycles. The van der Waals surface area contributed by atoms with Gasteiger partial charge >= 0.3 is 0 Å². The molecule has 0 spiro atoms. The lowest BCUT2D eigenvalue weighted by Crippen LogP contribution is -2.53. The molecule has 3 rings (SSSR count). The van der Waals surface area contributed by atoms with Gasteiger partial charge in [0.25, 0.3) is 0 Å². The fourth-order valence-corrected chi connectivity index (χ4v) is 5.59. The molecule has 0 aliphatic rings.